The number of nitrogens with two attached hydrogens (primary N) is 1. The third kappa shape index (κ3) is 2.91. The Morgan fingerprint density at radius 1 is 1.50 bits per heavy atom. The van der Waals surface area contributed by atoms with Crippen LogP contribution in [0, 0.1) is 5.82 Å². The zero-order valence-corrected chi connectivity index (χ0v) is 8.68. The van der Waals surface area contributed by atoms with E-state index in [1.807, 2.05) is 6.92 Å². The van der Waals surface area contributed by atoms with Gasteiger partial charge >= 0.3 is 0 Å². The number of rotatable bonds is 4. The molecule has 1 aromatic rings. The molecule has 0 fully saturated rings. The van der Waals surface area contributed by atoms with Crippen LogP contribution in [0.4, 0.5) is 15.8 Å². The number of nitrogen functional groups attached to an aromatic ring is 1. The first kappa shape index (κ1) is 10.8. The van der Waals surface area contributed by atoms with Crippen molar-refractivity contribution in [1.82, 2.24) is 0 Å². The first-order valence-electron chi connectivity index (χ1n) is 4.95. The number of anilines is 2. The van der Waals surface area contributed by atoms with Gasteiger partial charge in [-0.05, 0) is 31.5 Å². The quantitative estimate of drug-likeness (QED) is 0.726. The molecule has 3 heteroatoms. The van der Waals surface area contributed by atoms with Gasteiger partial charge in [-0.15, -0.1) is 0 Å². The van der Waals surface area contributed by atoms with E-state index in [9.17, 15) is 4.39 Å². The van der Waals surface area contributed by atoms with Crippen molar-refractivity contribution in [3.05, 3.63) is 24.0 Å². The van der Waals surface area contributed by atoms with Crippen molar-refractivity contribution in [2.75, 3.05) is 11.1 Å². The molecule has 0 saturated heterocycles. The van der Waals surface area contributed by atoms with Gasteiger partial charge in [-0.2, -0.15) is 0 Å². The van der Waals surface area contributed by atoms with Crippen LogP contribution in [0.3, 0.4) is 0 Å². The van der Waals surface area contributed by atoms with Gasteiger partial charge in [-0.25, -0.2) is 4.39 Å². The van der Waals surface area contributed by atoms with Crippen molar-refractivity contribution < 1.29 is 4.39 Å². The summed E-state index contributed by atoms with van der Waals surface area (Å²) in [5, 5.41) is 3.10. The van der Waals surface area contributed by atoms with E-state index >= 15 is 0 Å². The summed E-state index contributed by atoms with van der Waals surface area (Å²) in [6.45, 7) is 4.14. The lowest BCUT2D eigenvalue weighted by atomic mass is 10.2. The Morgan fingerprint density at radius 2 is 2.21 bits per heavy atom. The second-order valence-corrected chi connectivity index (χ2v) is 3.57. The molecule has 78 valence electrons. The fraction of sp³-hybridized carbons (Fsp3) is 0.455. The summed E-state index contributed by atoms with van der Waals surface area (Å²) >= 11 is 0. The summed E-state index contributed by atoms with van der Waals surface area (Å²) in [5.41, 5.74) is 6.64. The summed E-state index contributed by atoms with van der Waals surface area (Å²) < 4.78 is 13.3. The lowest BCUT2D eigenvalue weighted by Crippen LogP contribution is -2.15. The largest absolute Gasteiger partial charge is 0.399 e. The number of hydrogen-bond acceptors (Lipinski definition) is 2. The molecular weight excluding hydrogens is 179 g/mol. The van der Waals surface area contributed by atoms with Crippen molar-refractivity contribution in [2.24, 2.45) is 0 Å². The highest BCUT2D eigenvalue weighted by Gasteiger charge is 2.05. The smallest absolute Gasteiger partial charge is 0.146 e. The van der Waals surface area contributed by atoms with Crippen LogP contribution in [-0.2, 0) is 0 Å². The predicted molar refractivity (Wildman–Crippen MR) is 58.8 cm³/mol. The Kier molecular flexibility index (Phi) is 3.74. The molecule has 0 aliphatic rings. The molecule has 0 saturated carbocycles. The monoisotopic (exact) mass is 196 g/mol. The lowest BCUT2D eigenvalue weighted by molar-refractivity contribution is 0.620. The van der Waals surface area contributed by atoms with Crippen LogP contribution in [0.25, 0.3) is 0 Å². The van der Waals surface area contributed by atoms with Crippen LogP contribution in [0.5, 0.6) is 0 Å². The van der Waals surface area contributed by atoms with E-state index in [-0.39, 0.29) is 11.9 Å². The fourth-order valence-electron chi connectivity index (χ4n) is 1.42. The van der Waals surface area contributed by atoms with Gasteiger partial charge in [0.1, 0.15) is 5.82 Å². The summed E-state index contributed by atoms with van der Waals surface area (Å²) in [4.78, 5) is 0. The minimum Gasteiger partial charge on any atom is -0.399 e. The highest BCUT2D eigenvalue weighted by atomic mass is 19.1. The normalized spacial score (nSPS) is 12.5. The second kappa shape index (κ2) is 4.84. The third-order valence-electron chi connectivity index (χ3n) is 2.11. The van der Waals surface area contributed by atoms with E-state index in [1.54, 1.807) is 12.1 Å². The molecule has 0 spiro atoms. The molecule has 1 rings (SSSR count). The summed E-state index contributed by atoms with van der Waals surface area (Å²) in [7, 11) is 0. The molecule has 0 aliphatic carbocycles. The van der Waals surface area contributed by atoms with E-state index in [0.29, 0.717) is 11.4 Å². The van der Waals surface area contributed by atoms with Crippen LogP contribution in [0.15, 0.2) is 18.2 Å². The molecule has 0 heterocycles. The number of hydrogen-bond donors (Lipinski definition) is 2. The van der Waals surface area contributed by atoms with Crippen LogP contribution < -0.4 is 11.1 Å². The van der Waals surface area contributed by atoms with Crippen molar-refractivity contribution in [2.45, 2.75) is 32.7 Å². The Morgan fingerprint density at radius 3 is 2.86 bits per heavy atom. The average Bonchev–Trinajstić information content (AvgIpc) is 2.12. The third-order valence-corrected chi connectivity index (χ3v) is 2.11. The van der Waals surface area contributed by atoms with Gasteiger partial charge in [0.2, 0.25) is 0 Å². The average molecular weight is 196 g/mol. The van der Waals surface area contributed by atoms with E-state index in [1.165, 1.54) is 6.07 Å². The second-order valence-electron chi connectivity index (χ2n) is 3.57. The van der Waals surface area contributed by atoms with Crippen molar-refractivity contribution >= 4 is 11.4 Å². The van der Waals surface area contributed by atoms with Gasteiger partial charge < -0.3 is 11.1 Å². The SMILES string of the molecule is CCCC(C)Nc1cc(N)ccc1F. The number of halogens is 1. The van der Waals surface area contributed by atoms with E-state index in [0.717, 1.165) is 12.8 Å². The highest BCUT2D eigenvalue weighted by molar-refractivity contribution is 5.55. The highest BCUT2D eigenvalue weighted by Crippen LogP contribution is 2.18. The fourth-order valence-corrected chi connectivity index (χ4v) is 1.42. The maximum Gasteiger partial charge on any atom is 0.146 e. The first-order chi connectivity index (χ1) is 6.63. The molecule has 1 aromatic carbocycles. The lowest BCUT2D eigenvalue weighted by Gasteiger charge is -2.15. The Labute approximate surface area is 84.3 Å². The van der Waals surface area contributed by atoms with E-state index < -0.39 is 0 Å². The number of benzene rings is 1. The Hall–Kier alpha value is -1.25. The van der Waals surface area contributed by atoms with Crippen LogP contribution >= 0.6 is 0 Å². The van der Waals surface area contributed by atoms with Gasteiger partial charge in [0.15, 0.2) is 0 Å². The minimum atomic E-state index is -0.248. The van der Waals surface area contributed by atoms with Crippen molar-refractivity contribution in [1.29, 1.82) is 0 Å². The summed E-state index contributed by atoms with van der Waals surface area (Å²) in [6, 6.07) is 4.85. The molecule has 14 heavy (non-hydrogen) atoms. The maximum atomic E-state index is 13.3. The molecule has 0 bridgehead atoms. The molecule has 2 nitrogen and oxygen atoms in total. The zero-order valence-electron chi connectivity index (χ0n) is 8.68. The van der Waals surface area contributed by atoms with Gasteiger partial charge in [-0.3, -0.25) is 0 Å². The van der Waals surface area contributed by atoms with Gasteiger partial charge in [0.25, 0.3) is 0 Å². The van der Waals surface area contributed by atoms with Crippen molar-refractivity contribution in [3.63, 3.8) is 0 Å². The predicted octanol–water partition coefficient (Wildman–Crippen LogP) is 3.01. The van der Waals surface area contributed by atoms with Crippen LogP contribution in [0.2, 0.25) is 0 Å². The Balaban J connectivity index is 2.70. The molecule has 0 aliphatic heterocycles. The molecule has 0 aromatic heterocycles. The topological polar surface area (TPSA) is 38.0 Å². The standard InChI is InChI=1S/C11H17FN2/c1-3-4-8(2)14-11-7-9(13)5-6-10(11)12/h5-8,14H,3-4,13H2,1-2H3. The van der Waals surface area contributed by atoms with Gasteiger partial charge in [0, 0.05) is 11.7 Å². The van der Waals surface area contributed by atoms with E-state index in [4.69, 9.17) is 5.73 Å². The molecule has 1 unspecified atom stereocenters. The van der Waals surface area contributed by atoms with Gasteiger partial charge in [-0.1, -0.05) is 13.3 Å². The summed E-state index contributed by atoms with van der Waals surface area (Å²) in [6.07, 6.45) is 2.10. The van der Waals surface area contributed by atoms with Crippen LogP contribution in [-0.4, -0.2) is 6.04 Å². The maximum absolute atomic E-state index is 13.3. The van der Waals surface area contributed by atoms with Crippen LogP contribution in [0.1, 0.15) is 26.7 Å². The number of nitrogens with one attached hydrogen (secondary N) is 1. The molecule has 0 amide bonds. The molecular formula is C11H17FN2. The molecule has 3 N–H and O–H groups in total. The Bertz CT molecular complexity index is 299. The summed E-state index contributed by atoms with van der Waals surface area (Å²) in [5.74, 6) is -0.248. The van der Waals surface area contributed by atoms with Gasteiger partial charge in [0.05, 0.1) is 5.69 Å². The minimum absolute atomic E-state index is 0.248. The van der Waals surface area contributed by atoms with Crippen molar-refractivity contribution in [3.8, 4) is 0 Å². The zero-order chi connectivity index (χ0) is 10.6. The first-order valence-corrected chi connectivity index (χ1v) is 4.95. The molecule has 0 radical (unpaired) electrons. The molecule has 1 atom stereocenters. The van der Waals surface area contributed by atoms with E-state index in [2.05, 4.69) is 12.2 Å².